The van der Waals surface area contributed by atoms with E-state index in [0.717, 1.165) is 13.0 Å². The van der Waals surface area contributed by atoms with E-state index in [1.54, 1.807) is 18.2 Å². The second-order valence-corrected chi connectivity index (χ2v) is 5.65. The maximum absolute atomic E-state index is 12.2. The number of fused-ring (bicyclic) bond motifs is 1. The summed E-state index contributed by atoms with van der Waals surface area (Å²) in [5.74, 6) is 1.25. The first-order valence-electron chi connectivity index (χ1n) is 6.92. The van der Waals surface area contributed by atoms with Gasteiger partial charge in [0.05, 0.1) is 6.61 Å². The SMILES string of the molecule is C[C@@]1(CNC(=O)c2ccc3c(c2)OCCO3)CCOC1. The number of ether oxygens (including phenoxy) is 3. The van der Waals surface area contributed by atoms with Gasteiger partial charge in [-0.3, -0.25) is 4.79 Å². The summed E-state index contributed by atoms with van der Waals surface area (Å²) < 4.78 is 16.3. The molecule has 0 unspecified atom stereocenters. The fourth-order valence-corrected chi connectivity index (χ4v) is 2.43. The minimum Gasteiger partial charge on any atom is -0.486 e. The molecule has 0 spiro atoms. The monoisotopic (exact) mass is 277 g/mol. The van der Waals surface area contributed by atoms with Crippen LogP contribution in [0.15, 0.2) is 18.2 Å². The molecule has 5 nitrogen and oxygen atoms in total. The van der Waals surface area contributed by atoms with Crippen LogP contribution in [0.25, 0.3) is 0 Å². The molecule has 1 N–H and O–H groups in total. The van der Waals surface area contributed by atoms with Crippen LogP contribution >= 0.6 is 0 Å². The molecule has 0 aromatic heterocycles. The number of amides is 1. The second-order valence-electron chi connectivity index (χ2n) is 5.65. The van der Waals surface area contributed by atoms with Crippen LogP contribution in [0.5, 0.6) is 11.5 Å². The van der Waals surface area contributed by atoms with Gasteiger partial charge in [0.2, 0.25) is 0 Å². The average molecular weight is 277 g/mol. The van der Waals surface area contributed by atoms with Crippen LogP contribution < -0.4 is 14.8 Å². The normalized spacial score (nSPS) is 24.4. The molecule has 5 heteroatoms. The summed E-state index contributed by atoms with van der Waals surface area (Å²) in [4.78, 5) is 12.2. The number of benzene rings is 1. The molecular weight excluding hydrogens is 258 g/mol. The van der Waals surface area contributed by atoms with Gasteiger partial charge in [-0.05, 0) is 24.6 Å². The smallest absolute Gasteiger partial charge is 0.251 e. The van der Waals surface area contributed by atoms with Crippen molar-refractivity contribution in [3.8, 4) is 11.5 Å². The summed E-state index contributed by atoms with van der Waals surface area (Å²) in [5.41, 5.74) is 0.639. The number of carbonyl (C=O) groups excluding carboxylic acids is 1. The van der Waals surface area contributed by atoms with E-state index in [1.807, 2.05) is 0 Å². The van der Waals surface area contributed by atoms with E-state index in [2.05, 4.69) is 12.2 Å². The highest BCUT2D eigenvalue weighted by molar-refractivity contribution is 5.94. The molecule has 0 aliphatic carbocycles. The first-order valence-corrected chi connectivity index (χ1v) is 6.92. The van der Waals surface area contributed by atoms with Crippen molar-refractivity contribution in [3.05, 3.63) is 23.8 Å². The number of hydrogen-bond acceptors (Lipinski definition) is 4. The third-order valence-corrected chi connectivity index (χ3v) is 3.78. The van der Waals surface area contributed by atoms with Crippen LogP contribution in [0.4, 0.5) is 0 Å². The average Bonchev–Trinajstić information content (AvgIpc) is 2.91. The minimum atomic E-state index is -0.0879. The number of rotatable bonds is 3. The Hall–Kier alpha value is -1.75. The third kappa shape index (κ3) is 2.72. The first-order chi connectivity index (χ1) is 9.66. The van der Waals surface area contributed by atoms with Crippen LogP contribution in [0.2, 0.25) is 0 Å². The zero-order chi connectivity index (χ0) is 14.0. The molecule has 108 valence electrons. The maximum atomic E-state index is 12.2. The Labute approximate surface area is 118 Å². The molecule has 1 atom stereocenters. The number of nitrogens with one attached hydrogen (secondary N) is 1. The lowest BCUT2D eigenvalue weighted by molar-refractivity contribution is 0.0923. The highest BCUT2D eigenvalue weighted by atomic mass is 16.6. The molecule has 1 aromatic rings. The second kappa shape index (κ2) is 5.32. The van der Waals surface area contributed by atoms with Crippen LogP contribution in [0.3, 0.4) is 0 Å². The molecule has 3 rings (SSSR count). The summed E-state index contributed by atoms with van der Waals surface area (Å²) in [5, 5.41) is 2.97. The van der Waals surface area contributed by atoms with Crippen molar-refractivity contribution < 1.29 is 19.0 Å². The number of carbonyl (C=O) groups is 1. The fourth-order valence-electron chi connectivity index (χ4n) is 2.43. The predicted molar refractivity (Wildman–Crippen MR) is 73.3 cm³/mol. The van der Waals surface area contributed by atoms with Gasteiger partial charge in [0.25, 0.3) is 5.91 Å². The molecule has 2 aliphatic rings. The molecular formula is C15H19NO4. The molecule has 2 heterocycles. The molecule has 1 fully saturated rings. The Kier molecular flexibility index (Phi) is 3.53. The number of hydrogen-bond donors (Lipinski definition) is 1. The zero-order valence-electron chi connectivity index (χ0n) is 11.6. The van der Waals surface area contributed by atoms with Crippen molar-refractivity contribution in [1.29, 1.82) is 0 Å². The lowest BCUT2D eigenvalue weighted by Crippen LogP contribution is -2.36. The van der Waals surface area contributed by atoms with Crippen molar-refractivity contribution in [2.75, 3.05) is 33.0 Å². The van der Waals surface area contributed by atoms with Crippen molar-refractivity contribution in [2.45, 2.75) is 13.3 Å². The largest absolute Gasteiger partial charge is 0.486 e. The Bertz CT molecular complexity index is 509. The van der Waals surface area contributed by atoms with Crippen molar-refractivity contribution >= 4 is 5.91 Å². The zero-order valence-corrected chi connectivity index (χ0v) is 11.6. The summed E-state index contributed by atoms with van der Waals surface area (Å²) >= 11 is 0. The van der Waals surface area contributed by atoms with E-state index in [9.17, 15) is 4.79 Å². The summed E-state index contributed by atoms with van der Waals surface area (Å²) in [6.07, 6.45) is 0.981. The summed E-state index contributed by atoms with van der Waals surface area (Å²) in [6.45, 7) is 5.31. The molecule has 2 aliphatic heterocycles. The Morgan fingerprint density at radius 3 is 2.80 bits per heavy atom. The van der Waals surface area contributed by atoms with E-state index in [-0.39, 0.29) is 11.3 Å². The summed E-state index contributed by atoms with van der Waals surface area (Å²) in [7, 11) is 0. The van der Waals surface area contributed by atoms with Crippen molar-refractivity contribution in [3.63, 3.8) is 0 Å². The summed E-state index contributed by atoms with van der Waals surface area (Å²) in [6, 6.07) is 5.28. The van der Waals surface area contributed by atoms with Gasteiger partial charge in [0, 0.05) is 24.1 Å². The maximum Gasteiger partial charge on any atom is 0.251 e. The van der Waals surface area contributed by atoms with E-state index in [0.29, 0.717) is 43.4 Å². The first kappa shape index (κ1) is 13.2. The van der Waals surface area contributed by atoms with E-state index >= 15 is 0 Å². The standard InChI is InChI=1S/C15H19NO4/c1-15(4-5-18-10-15)9-16-14(17)11-2-3-12-13(8-11)20-7-6-19-12/h2-3,8H,4-7,9-10H2,1H3,(H,16,17)/t15-/m0/s1. The molecule has 0 bridgehead atoms. The van der Waals surface area contributed by atoms with Crippen molar-refractivity contribution in [2.24, 2.45) is 5.41 Å². The van der Waals surface area contributed by atoms with Crippen LogP contribution in [-0.2, 0) is 4.74 Å². The lowest BCUT2D eigenvalue weighted by Gasteiger charge is -2.22. The Morgan fingerprint density at radius 2 is 2.05 bits per heavy atom. The molecule has 1 saturated heterocycles. The van der Waals surface area contributed by atoms with Gasteiger partial charge in [-0.1, -0.05) is 6.92 Å². The predicted octanol–water partition coefficient (Wildman–Crippen LogP) is 1.61. The fraction of sp³-hybridized carbons (Fsp3) is 0.533. The van der Waals surface area contributed by atoms with Gasteiger partial charge in [-0.25, -0.2) is 0 Å². The van der Waals surface area contributed by atoms with Crippen LogP contribution in [0.1, 0.15) is 23.7 Å². The third-order valence-electron chi connectivity index (χ3n) is 3.78. The van der Waals surface area contributed by atoms with E-state index in [4.69, 9.17) is 14.2 Å². The van der Waals surface area contributed by atoms with Gasteiger partial charge in [0.1, 0.15) is 13.2 Å². The molecule has 1 amide bonds. The molecule has 1 aromatic carbocycles. The topological polar surface area (TPSA) is 56.8 Å². The van der Waals surface area contributed by atoms with Crippen LogP contribution in [-0.4, -0.2) is 38.9 Å². The van der Waals surface area contributed by atoms with Crippen LogP contribution in [0, 0.1) is 5.41 Å². The van der Waals surface area contributed by atoms with Gasteiger partial charge < -0.3 is 19.5 Å². The van der Waals surface area contributed by atoms with Gasteiger partial charge in [0.15, 0.2) is 11.5 Å². The van der Waals surface area contributed by atoms with E-state index < -0.39 is 0 Å². The van der Waals surface area contributed by atoms with E-state index in [1.165, 1.54) is 0 Å². The Morgan fingerprint density at radius 1 is 1.25 bits per heavy atom. The van der Waals surface area contributed by atoms with Gasteiger partial charge in [-0.2, -0.15) is 0 Å². The van der Waals surface area contributed by atoms with Gasteiger partial charge in [-0.15, -0.1) is 0 Å². The van der Waals surface area contributed by atoms with Gasteiger partial charge >= 0.3 is 0 Å². The minimum absolute atomic E-state index is 0.0451. The molecule has 0 saturated carbocycles. The Balaban J connectivity index is 1.65. The highest BCUT2D eigenvalue weighted by Gasteiger charge is 2.30. The highest BCUT2D eigenvalue weighted by Crippen LogP contribution is 2.31. The molecule has 20 heavy (non-hydrogen) atoms. The van der Waals surface area contributed by atoms with Crippen molar-refractivity contribution in [1.82, 2.24) is 5.32 Å². The molecule has 0 radical (unpaired) electrons. The quantitative estimate of drug-likeness (QED) is 0.912. The lowest BCUT2D eigenvalue weighted by atomic mass is 9.90.